The zero-order valence-corrected chi connectivity index (χ0v) is 19.5. The third-order valence-corrected chi connectivity index (χ3v) is 7.79. The van der Waals surface area contributed by atoms with E-state index < -0.39 is 0 Å². The van der Waals surface area contributed by atoms with Gasteiger partial charge in [0.1, 0.15) is 23.2 Å². The van der Waals surface area contributed by atoms with Crippen LogP contribution in [0.5, 0.6) is 0 Å². The zero-order chi connectivity index (χ0) is 24.2. The average Bonchev–Trinajstić information content (AvgIpc) is 3.68. The van der Waals surface area contributed by atoms with Gasteiger partial charge in [0.05, 0.1) is 22.3 Å². The Bertz CT molecular complexity index is 2220. The lowest BCUT2D eigenvalue weighted by Gasteiger charge is -2.07. The van der Waals surface area contributed by atoms with Crippen molar-refractivity contribution in [2.45, 2.75) is 0 Å². The lowest BCUT2D eigenvalue weighted by atomic mass is 10.0. The van der Waals surface area contributed by atoms with E-state index in [0.717, 1.165) is 71.7 Å². The van der Waals surface area contributed by atoms with Crippen LogP contribution in [0.25, 0.3) is 71.9 Å². The number of hydrogen-bond donors (Lipinski definition) is 0. The summed E-state index contributed by atoms with van der Waals surface area (Å²) in [6.45, 7) is 0. The first kappa shape index (κ1) is 19.1. The molecule has 3 heterocycles. The summed E-state index contributed by atoms with van der Waals surface area (Å²) in [4.78, 5) is 14.0. The van der Waals surface area contributed by atoms with Crippen LogP contribution in [0.4, 0.5) is 0 Å². The third-order valence-electron chi connectivity index (χ3n) is 7.79. The zero-order valence-electron chi connectivity index (χ0n) is 19.5. The summed E-state index contributed by atoms with van der Waals surface area (Å²) < 4.78 is 14.5. The van der Waals surface area contributed by atoms with Gasteiger partial charge in [0.15, 0.2) is 5.78 Å². The van der Waals surface area contributed by atoms with Crippen molar-refractivity contribution in [3.63, 3.8) is 0 Å². The summed E-state index contributed by atoms with van der Waals surface area (Å²) in [6, 6.07) is 32.8. The lowest BCUT2D eigenvalue weighted by molar-refractivity contribution is 0.104. The summed E-state index contributed by atoms with van der Waals surface area (Å²) in [7, 11) is 0. The molecule has 0 aliphatic heterocycles. The summed E-state index contributed by atoms with van der Waals surface area (Å²) in [5.74, 6) is 0.648. The van der Waals surface area contributed by atoms with Gasteiger partial charge in [-0.25, -0.2) is 0 Å². The number of benzene rings is 3. The van der Waals surface area contributed by atoms with Crippen LogP contribution in [0.15, 0.2) is 112 Å². The first-order valence-electron chi connectivity index (χ1n) is 12.3. The van der Waals surface area contributed by atoms with Gasteiger partial charge >= 0.3 is 0 Å². The molecule has 0 amide bonds. The van der Waals surface area contributed by atoms with Gasteiger partial charge in [-0.2, -0.15) is 0 Å². The molecule has 4 heteroatoms. The highest BCUT2D eigenvalue weighted by Gasteiger charge is 2.38. The van der Waals surface area contributed by atoms with E-state index >= 15 is 0 Å². The molecule has 0 unspecified atom stereocenters. The van der Waals surface area contributed by atoms with Gasteiger partial charge in [-0.15, -0.1) is 0 Å². The molecule has 3 aliphatic carbocycles. The van der Waals surface area contributed by atoms with E-state index in [-0.39, 0.29) is 5.78 Å². The van der Waals surface area contributed by atoms with Gasteiger partial charge in [-0.1, -0.05) is 66.7 Å². The molecule has 9 rings (SSSR count). The molecule has 4 nitrogen and oxygen atoms in total. The maximum atomic E-state index is 14.0. The SMILES string of the molecule is O=C1c2c3cccccc-3cc2-c2occ(-n3c4ccccc4c4cc5c(cc43)oc3ccccc35)c21. The van der Waals surface area contributed by atoms with Crippen molar-refractivity contribution in [2.24, 2.45) is 0 Å². The van der Waals surface area contributed by atoms with E-state index in [1.54, 1.807) is 6.26 Å². The van der Waals surface area contributed by atoms with Gasteiger partial charge < -0.3 is 13.4 Å². The Balaban J connectivity index is 1.38. The molecule has 0 N–H and O–H groups in total. The summed E-state index contributed by atoms with van der Waals surface area (Å²) >= 11 is 0. The lowest BCUT2D eigenvalue weighted by Crippen LogP contribution is -2.02. The summed E-state index contributed by atoms with van der Waals surface area (Å²) in [5, 5.41) is 4.41. The molecule has 3 aromatic heterocycles. The van der Waals surface area contributed by atoms with E-state index in [9.17, 15) is 4.79 Å². The Hall–Kier alpha value is -5.09. The number of hydrogen-bond acceptors (Lipinski definition) is 3. The number of rotatable bonds is 1. The highest BCUT2D eigenvalue weighted by Crippen LogP contribution is 2.49. The number of aromatic nitrogens is 1. The number of ketones is 1. The average molecular weight is 476 g/mol. The fourth-order valence-electron chi connectivity index (χ4n) is 6.21. The Morgan fingerprint density at radius 3 is 2.35 bits per heavy atom. The van der Waals surface area contributed by atoms with Crippen molar-refractivity contribution in [3.05, 3.63) is 114 Å². The number of carbonyl (C=O) groups is 1. The summed E-state index contributed by atoms with van der Waals surface area (Å²) in [6.07, 6.45) is 1.72. The standard InChI is InChI=1S/C33H17NO3/c35-32-30-19-9-3-1-2-8-18(19)14-24(30)33-31(32)27(17-36-33)34-25-12-6-4-10-20(25)22-15-23-21-11-5-7-13-28(21)37-29(23)16-26(22)34/h1-17H. The third kappa shape index (κ3) is 2.30. The predicted octanol–water partition coefficient (Wildman–Crippen LogP) is 8.59. The first-order valence-corrected chi connectivity index (χ1v) is 12.3. The monoisotopic (exact) mass is 475 g/mol. The highest BCUT2D eigenvalue weighted by atomic mass is 16.3. The van der Waals surface area contributed by atoms with Gasteiger partial charge in [0.25, 0.3) is 0 Å². The van der Waals surface area contributed by atoms with Crippen LogP contribution < -0.4 is 0 Å². The van der Waals surface area contributed by atoms with Crippen molar-refractivity contribution in [1.82, 2.24) is 4.57 Å². The first-order chi connectivity index (χ1) is 18.3. The molecule has 0 atom stereocenters. The van der Waals surface area contributed by atoms with Crippen molar-refractivity contribution in [1.29, 1.82) is 0 Å². The Morgan fingerprint density at radius 1 is 0.595 bits per heavy atom. The normalized spacial score (nSPS) is 12.9. The maximum absolute atomic E-state index is 14.0. The smallest absolute Gasteiger partial charge is 0.200 e. The van der Waals surface area contributed by atoms with Gasteiger partial charge in [0, 0.05) is 38.7 Å². The van der Waals surface area contributed by atoms with Crippen molar-refractivity contribution >= 4 is 49.5 Å². The molecule has 172 valence electrons. The Kier molecular flexibility index (Phi) is 3.40. The molecule has 3 aliphatic rings. The minimum absolute atomic E-state index is 0.00527. The molecular weight excluding hydrogens is 458 g/mol. The second-order valence-electron chi connectivity index (χ2n) is 9.68. The van der Waals surface area contributed by atoms with Crippen LogP contribution >= 0.6 is 0 Å². The molecule has 0 spiro atoms. The van der Waals surface area contributed by atoms with E-state index in [4.69, 9.17) is 8.83 Å². The number of nitrogens with zero attached hydrogens (tertiary/aromatic N) is 1. The van der Waals surface area contributed by atoms with Crippen LogP contribution in [-0.4, -0.2) is 10.4 Å². The molecule has 0 radical (unpaired) electrons. The van der Waals surface area contributed by atoms with Gasteiger partial charge in [0.2, 0.25) is 0 Å². The van der Waals surface area contributed by atoms with Crippen molar-refractivity contribution < 1.29 is 13.6 Å². The number of fused-ring (bicyclic) bond motifs is 11. The fourth-order valence-corrected chi connectivity index (χ4v) is 6.21. The molecule has 37 heavy (non-hydrogen) atoms. The molecule has 6 aromatic rings. The van der Waals surface area contributed by atoms with E-state index in [0.29, 0.717) is 11.3 Å². The van der Waals surface area contributed by atoms with Crippen LogP contribution in [0, 0.1) is 0 Å². The number of para-hydroxylation sites is 2. The largest absolute Gasteiger partial charge is 0.461 e. The second-order valence-corrected chi connectivity index (χ2v) is 9.68. The highest BCUT2D eigenvalue weighted by molar-refractivity contribution is 6.27. The molecular formula is C33H17NO3. The van der Waals surface area contributed by atoms with Crippen molar-refractivity contribution in [3.8, 4) is 28.1 Å². The fraction of sp³-hybridized carbons (Fsp3) is 0. The minimum Gasteiger partial charge on any atom is -0.461 e. The second kappa shape index (κ2) is 6.56. The van der Waals surface area contributed by atoms with Gasteiger partial charge in [-0.3, -0.25) is 4.79 Å². The van der Waals surface area contributed by atoms with Crippen LogP contribution in [0.2, 0.25) is 0 Å². The molecule has 0 saturated heterocycles. The van der Waals surface area contributed by atoms with Crippen molar-refractivity contribution in [2.75, 3.05) is 0 Å². The summed E-state index contributed by atoms with van der Waals surface area (Å²) in [5.41, 5.74) is 8.64. The topological polar surface area (TPSA) is 48.3 Å². The molecule has 0 fully saturated rings. The van der Waals surface area contributed by atoms with E-state index in [1.165, 1.54) is 0 Å². The number of carbonyl (C=O) groups excluding carboxylic acids is 1. The minimum atomic E-state index is 0.00527. The molecule has 0 bridgehead atoms. The van der Waals surface area contributed by atoms with Crippen LogP contribution in [0.3, 0.4) is 0 Å². The van der Waals surface area contributed by atoms with Crippen LogP contribution in [-0.2, 0) is 0 Å². The van der Waals surface area contributed by atoms with Crippen LogP contribution in [0.1, 0.15) is 15.9 Å². The van der Waals surface area contributed by atoms with Gasteiger partial charge in [-0.05, 0) is 35.4 Å². The predicted molar refractivity (Wildman–Crippen MR) is 146 cm³/mol. The maximum Gasteiger partial charge on any atom is 0.200 e. The molecule has 3 aromatic carbocycles. The van der Waals surface area contributed by atoms with E-state index in [2.05, 4.69) is 47.0 Å². The Morgan fingerprint density at radius 2 is 1.41 bits per heavy atom. The quantitative estimate of drug-likeness (QED) is 0.239. The van der Waals surface area contributed by atoms with E-state index in [1.807, 2.05) is 54.6 Å². The number of furan rings is 2. The molecule has 0 saturated carbocycles. The Labute approximate surface area is 210 Å².